The highest BCUT2D eigenvalue weighted by molar-refractivity contribution is 6.61. The number of hydrogen-bond acceptors (Lipinski definition) is 14. The monoisotopic (exact) mass is 983 g/mol. The van der Waals surface area contributed by atoms with Gasteiger partial charge in [-0.3, -0.25) is 34.2 Å². The number of carbonyl (C=O) groups is 6. The van der Waals surface area contributed by atoms with Crippen molar-refractivity contribution in [3.8, 4) is 0 Å². The molecule has 2 aromatic rings. The number of benzene rings is 2. The molecule has 0 bridgehead atoms. The van der Waals surface area contributed by atoms with Crippen molar-refractivity contribution < 1.29 is 57.4 Å². The number of Topliss-reactive ketones (excluding diaryl/α,β-unsaturated/α-hetero) is 1. The van der Waals surface area contributed by atoms with Gasteiger partial charge in [-0.2, -0.15) is 0 Å². The largest absolute Gasteiger partial charge is 0.466 e. The third-order valence-electron chi connectivity index (χ3n) is 14.2. The van der Waals surface area contributed by atoms with Crippen LogP contribution in [0.3, 0.4) is 0 Å². The first kappa shape index (κ1) is 56.5. The lowest BCUT2D eigenvalue weighted by Crippen LogP contribution is -2.52. The number of nitrogens with zero attached hydrogens (tertiary/aromatic N) is 2. The summed E-state index contributed by atoms with van der Waals surface area (Å²) >= 11 is 4.97. The molecule has 1 amide bonds. The summed E-state index contributed by atoms with van der Waals surface area (Å²) < 4.78 is 25.5. The third-order valence-corrected chi connectivity index (χ3v) is 14.3. The summed E-state index contributed by atoms with van der Waals surface area (Å²) in [7, 11) is 0. The van der Waals surface area contributed by atoms with E-state index in [4.69, 9.17) is 30.5 Å². The molecule has 5 fully saturated rings. The Labute approximate surface area is 412 Å². The first-order valence-electron chi connectivity index (χ1n) is 24.8. The van der Waals surface area contributed by atoms with Gasteiger partial charge in [-0.15, -0.1) is 0 Å². The molecule has 2 heterocycles. The average Bonchev–Trinajstić information content (AvgIpc) is 4.19. The minimum Gasteiger partial charge on any atom is -0.466 e. The normalized spacial score (nSPS) is 22.6. The van der Waals surface area contributed by atoms with Crippen LogP contribution in [0, 0.1) is 27.9 Å². The van der Waals surface area contributed by atoms with Gasteiger partial charge in [0.05, 0.1) is 37.2 Å². The lowest BCUT2D eigenvalue weighted by molar-refractivity contribution is -0.576. The predicted molar refractivity (Wildman–Crippen MR) is 258 cm³/mol. The summed E-state index contributed by atoms with van der Waals surface area (Å²) in [5, 5.41) is 15.0. The number of esters is 3. The predicted octanol–water partition coefficient (Wildman–Crippen LogP) is 10.1. The van der Waals surface area contributed by atoms with Crippen molar-refractivity contribution in [2.45, 2.75) is 180 Å². The van der Waals surface area contributed by atoms with Crippen molar-refractivity contribution in [3.05, 3.63) is 81.9 Å². The second kappa shape index (κ2) is 27.3. The van der Waals surface area contributed by atoms with E-state index in [1.807, 2.05) is 86.3 Å². The molecular weight excluding hydrogens is 910 g/mol. The summed E-state index contributed by atoms with van der Waals surface area (Å²) in [4.78, 5) is 83.4. The molecule has 2 aromatic carbocycles. The first-order chi connectivity index (χ1) is 33.0. The number of carbonyl (C=O) groups excluding carboxylic acids is 6. The van der Waals surface area contributed by atoms with Crippen LogP contribution >= 0.6 is 11.6 Å². The minimum absolute atomic E-state index is 0.0104. The van der Waals surface area contributed by atoms with Crippen LogP contribution in [0.4, 0.5) is 9.59 Å². The Morgan fingerprint density at radius 3 is 1.65 bits per heavy atom. The molecule has 2 saturated heterocycles. The van der Waals surface area contributed by atoms with Crippen LogP contribution in [0.15, 0.2) is 60.7 Å². The molecule has 16 nitrogen and oxygen atoms in total. The SMILES string of the molecule is CCOC(=O)C(CC(C)=O)C1([N+](=O)[O-])CCCC1.CCOC(=O)[C@@H]1C[C@H](C)N(C(=O)OCc2ccccc2)C12CCCC2.CCOC(=O)[C@@H]1C[C@H](C)NC12CCCC2.O=C(Cl)OCc1ccccc1. The van der Waals surface area contributed by atoms with E-state index in [9.17, 15) is 38.9 Å². The Balaban J connectivity index is 0.000000209. The van der Waals surface area contributed by atoms with Crippen molar-refractivity contribution in [1.29, 1.82) is 0 Å². The van der Waals surface area contributed by atoms with Crippen LogP contribution in [0.5, 0.6) is 0 Å². The zero-order valence-electron chi connectivity index (χ0n) is 41.4. The second-order valence-corrected chi connectivity index (χ2v) is 19.2. The molecule has 7 rings (SSSR count). The number of ether oxygens (including phenoxy) is 5. The van der Waals surface area contributed by atoms with Crippen LogP contribution in [-0.2, 0) is 56.1 Å². The van der Waals surface area contributed by atoms with Crippen LogP contribution in [0.1, 0.15) is 149 Å². The van der Waals surface area contributed by atoms with Gasteiger partial charge in [0.1, 0.15) is 24.9 Å². The maximum absolute atomic E-state index is 12.9. The van der Waals surface area contributed by atoms with Gasteiger partial charge >= 0.3 is 29.4 Å². The Hall–Kier alpha value is -5.09. The van der Waals surface area contributed by atoms with Crippen LogP contribution in [0.25, 0.3) is 0 Å². The Kier molecular flexibility index (Phi) is 22.4. The van der Waals surface area contributed by atoms with Crippen LogP contribution in [0.2, 0.25) is 0 Å². The number of ketones is 1. The van der Waals surface area contributed by atoms with E-state index < -0.39 is 28.4 Å². The fourth-order valence-corrected chi connectivity index (χ4v) is 11.3. The van der Waals surface area contributed by atoms with Gasteiger partial charge in [-0.25, -0.2) is 9.59 Å². The number of halogens is 1. The molecule has 1 N–H and O–H groups in total. The molecule has 69 heavy (non-hydrogen) atoms. The van der Waals surface area contributed by atoms with Gasteiger partial charge in [0.25, 0.3) is 0 Å². The third kappa shape index (κ3) is 15.2. The average molecular weight is 985 g/mol. The fourth-order valence-electron chi connectivity index (χ4n) is 11.2. The quantitative estimate of drug-likeness (QED) is 0.0615. The fraction of sp³-hybridized carbons (Fsp3) is 0.654. The number of likely N-dealkylation sites (tertiary alicyclic amines) is 1. The zero-order valence-corrected chi connectivity index (χ0v) is 42.1. The van der Waals surface area contributed by atoms with Gasteiger partial charge in [0.2, 0.25) is 5.54 Å². The van der Waals surface area contributed by atoms with Gasteiger partial charge in [-0.1, -0.05) is 86.3 Å². The van der Waals surface area contributed by atoms with Crippen LogP contribution in [-0.4, -0.2) is 93.6 Å². The second-order valence-electron chi connectivity index (χ2n) is 18.8. The summed E-state index contributed by atoms with van der Waals surface area (Å²) in [5.74, 6) is -2.10. The maximum Gasteiger partial charge on any atom is 0.410 e. The van der Waals surface area contributed by atoms with Crippen LogP contribution < -0.4 is 5.32 Å². The Morgan fingerprint density at radius 2 is 1.17 bits per heavy atom. The number of rotatable bonds is 14. The number of hydrogen-bond donors (Lipinski definition) is 1. The molecule has 17 heteroatoms. The maximum atomic E-state index is 12.9. The van der Waals surface area contributed by atoms with E-state index in [2.05, 4.69) is 17.0 Å². The van der Waals surface area contributed by atoms with Gasteiger partial charge in [0, 0.05) is 53.4 Å². The van der Waals surface area contributed by atoms with Gasteiger partial charge in [0.15, 0.2) is 0 Å². The number of nitrogens with one attached hydrogen (secondary N) is 1. The molecule has 5 atom stereocenters. The Morgan fingerprint density at radius 1 is 0.696 bits per heavy atom. The van der Waals surface area contributed by atoms with E-state index in [1.165, 1.54) is 19.8 Å². The van der Waals surface area contributed by atoms with E-state index in [1.54, 1.807) is 6.92 Å². The summed E-state index contributed by atoms with van der Waals surface area (Å²) in [6, 6.07) is 19.5. The highest BCUT2D eigenvalue weighted by atomic mass is 35.5. The highest BCUT2D eigenvalue weighted by Crippen LogP contribution is 2.50. The topological polar surface area (TPSA) is 207 Å². The summed E-state index contributed by atoms with van der Waals surface area (Å²) in [6.45, 7) is 12.4. The smallest absolute Gasteiger partial charge is 0.410 e. The lowest BCUT2D eigenvalue weighted by atomic mass is 9.79. The molecule has 5 aliphatic rings. The molecule has 1 unspecified atom stereocenters. The highest BCUT2D eigenvalue weighted by Gasteiger charge is 2.59. The number of nitro groups is 1. The minimum atomic E-state index is -1.31. The molecule has 382 valence electrons. The Bertz CT molecular complexity index is 1980. The standard InChI is InChI=1S/C20H27NO4.C12H19NO5.C12H21NO2.C8H7ClO2/c1-3-24-18(22)17-13-15(2)21(20(17)11-7-8-12-20)19(23)25-14-16-9-5-4-6-10-16;1-3-18-11(15)10(8-9(2)14)12(13(16)17)6-4-5-7-12;1-3-15-11(14)10-8-9(2)13-12(10)6-4-5-7-12;9-8(10)11-6-7-4-2-1-3-5-7/h4-6,9-10,15,17H,3,7-8,11-14H2,1-2H3;10H,3-8H2,1-2H3;9-10,13H,3-8H2,1-2H3;1-5H,6H2/t15-,17-;;9-,10-;/m0.0./s1. The van der Waals surface area contributed by atoms with E-state index >= 15 is 0 Å². The molecule has 0 aromatic heterocycles. The zero-order chi connectivity index (χ0) is 50.6. The molecule has 0 radical (unpaired) electrons. The van der Waals surface area contributed by atoms with E-state index in [-0.39, 0.29) is 78.4 Å². The molecule has 3 aliphatic carbocycles. The van der Waals surface area contributed by atoms with Crippen molar-refractivity contribution in [2.75, 3.05) is 19.8 Å². The molecule has 2 spiro atoms. The molecule has 3 saturated carbocycles. The van der Waals surface area contributed by atoms with Gasteiger partial charge < -0.3 is 29.0 Å². The summed E-state index contributed by atoms with van der Waals surface area (Å²) in [5.41, 5.74) is -0.538. The van der Waals surface area contributed by atoms with Crippen molar-refractivity contribution >= 4 is 46.8 Å². The van der Waals surface area contributed by atoms with E-state index in [0.29, 0.717) is 38.5 Å². The van der Waals surface area contributed by atoms with Crippen molar-refractivity contribution in [2.24, 2.45) is 17.8 Å². The van der Waals surface area contributed by atoms with E-state index in [0.717, 1.165) is 68.9 Å². The lowest BCUT2D eigenvalue weighted by Gasteiger charge is -2.39. The van der Waals surface area contributed by atoms with Crippen molar-refractivity contribution in [1.82, 2.24) is 10.2 Å². The molecular formula is C52H74ClN3O13. The summed E-state index contributed by atoms with van der Waals surface area (Å²) in [6.07, 6.45) is 11.8. The van der Waals surface area contributed by atoms with Gasteiger partial charge in [-0.05, 0) is 104 Å². The number of amides is 1. The van der Waals surface area contributed by atoms with Crippen molar-refractivity contribution in [3.63, 3.8) is 0 Å². The first-order valence-corrected chi connectivity index (χ1v) is 25.1. The molecule has 2 aliphatic heterocycles.